The number of nitrogens with zero attached hydrogens (tertiary/aromatic N) is 3. The van der Waals surface area contributed by atoms with E-state index in [2.05, 4.69) is 11.2 Å². The molecule has 2 aromatic carbocycles. The molecule has 6 nitrogen and oxygen atoms in total. The smallest absolute Gasteiger partial charge is 0.257 e. The maximum Gasteiger partial charge on any atom is 0.257 e. The number of aromatic nitrogens is 2. The highest BCUT2D eigenvalue weighted by Gasteiger charge is 2.46. The van der Waals surface area contributed by atoms with Gasteiger partial charge >= 0.3 is 0 Å². The zero-order valence-electron chi connectivity index (χ0n) is 17.3. The van der Waals surface area contributed by atoms with Crippen LogP contribution in [0.2, 0.25) is 0 Å². The topological polar surface area (TPSA) is 56.6 Å². The molecule has 5 rings (SSSR count). The van der Waals surface area contributed by atoms with Crippen LogP contribution in [0.1, 0.15) is 35.7 Å². The summed E-state index contributed by atoms with van der Waals surface area (Å²) in [6.07, 6.45) is 3.37. The SMILES string of the molecule is CCOc1ccccc1C(=O)N1CCC2(CC1)Oc1ccccc1-c1c2cnn1C. The largest absolute Gasteiger partial charge is 0.493 e. The Hall–Kier alpha value is -3.28. The van der Waals surface area contributed by atoms with Crippen molar-refractivity contribution in [2.45, 2.75) is 25.4 Å². The summed E-state index contributed by atoms with van der Waals surface area (Å²) in [5.41, 5.74) is 3.46. The quantitative estimate of drug-likeness (QED) is 0.663. The fraction of sp³-hybridized carbons (Fsp3) is 0.333. The van der Waals surface area contributed by atoms with E-state index in [1.165, 1.54) is 0 Å². The van der Waals surface area contributed by atoms with E-state index in [1.807, 2.05) is 72.2 Å². The van der Waals surface area contributed by atoms with Gasteiger partial charge in [0.1, 0.15) is 17.1 Å². The van der Waals surface area contributed by atoms with Crippen molar-refractivity contribution in [3.05, 3.63) is 65.9 Å². The molecule has 0 atom stereocenters. The van der Waals surface area contributed by atoms with Crippen LogP contribution in [0, 0.1) is 0 Å². The van der Waals surface area contributed by atoms with Crippen LogP contribution in [-0.2, 0) is 12.6 Å². The van der Waals surface area contributed by atoms with Crippen molar-refractivity contribution in [2.24, 2.45) is 7.05 Å². The average Bonchev–Trinajstić information content (AvgIpc) is 3.17. The Morgan fingerprint density at radius 1 is 1.13 bits per heavy atom. The molecule has 1 saturated heterocycles. The molecule has 2 aliphatic rings. The lowest BCUT2D eigenvalue weighted by Crippen LogP contribution is -2.49. The molecule has 0 N–H and O–H groups in total. The fourth-order valence-electron chi connectivity index (χ4n) is 4.64. The molecule has 0 saturated carbocycles. The van der Waals surface area contributed by atoms with Crippen molar-refractivity contribution in [2.75, 3.05) is 19.7 Å². The molecule has 3 aromatic rings. The summed E-state index contributed by atoms with van der Waals surface area (Å²) in [6, 6.07) is 15.6. The van der Waals surface area contributed by atoms with Crippen molar-refractivity contribution in [1.82, 2.24) is 14.7 Å². The number of carbonyl (C=O) groups is 1. The lowest BCUT2D eigenvalue weighted by Gasteiger charge is -2.44. The number of carbonyl (C=O) groups excluding carboxylic acids is 1. The summed E-state index contributed by atoms with van der Waals surface area (Å²) in [6.45, 7) is 3.70. The molecule has 1 aromatic heterocycles. The Kier molecular flexibility index (Phi) is 4.50. The summed E-state index contributed by atoms with van der Waals surface area (Å²) < 4.78 is 14.2. The van der Waals surface area contributed by atoms with Crippen LogP contribution >= 0.6 is 0 Å². The van der Waals surface area contributed by atoms with Crippen LogP contribution in [0.25, 0.3) is 11.3 Å². The first-order chi connectivity index (χ1) is 14.6. The van der Waals surface area contributed by atoms with E-state index in [0.717, 1.165) is 35.4 Å². The minimum atomic E-state index is -0.450. The summed E-state index contributed by atoms with van der Waals surface area (Å²) >= 11 is 0. The van der Waals surface area contributed by atoms with Crippen LogP contribution < -0.4 is 9.47 Å². The van der Waals surface area contributed by atoms with Gasteiger partial charge < -0.3 is 14.4 Å². The van der Waals surface area contributed by atoms with E-state index in [9.17, 15) is 4.79 Å². The van der Waals surface area contributed by atoms with Gasteiger partial charge in [-0.15, -0.1) is 0 Å². The van der Waals surface area contributed by atoms with E-state index in [1.54, 1.807) is 0 Å². The van der Waals surface area contributed by atoms with Gasteiger partial charge in [0.15, 0.2) is 0 Å². The Morgan fingerprint density at radius 3 is 2.67 bits per heavy atom. The van der Waals surface area contributed by atoms with E-state index in [4.69, 9.17) is 9.47 Å². The molecule has 1 spiro atoms. The molecule has 0 unspecified atom stereocenters. The summed E-state index contributed by atoms with van der Waals surface area (Å²) in [5, 5.41) is 4.52. The first kappa shape index (κ1) is 18.7. The van der Waals surface area contributed by atoms with E-state index in [-0.39, 0.29) is 5.91 Å². The number of likely N-dealkylation sites (tertiary alicyclic amines) is 1. The van der Waals surface area contributed by atoms with E-state index in [0.29, 0.717) is 31.0 Å². The molecule has 0 bridgehead atoms. The highest BCUT2D eigenvalue weighted by Crippen LogP contribution is 2.49. The maximum atomic E-state index is 13.2. The number of benzene rings is 2. The van der Waals surface area contributed by atoms with Gasteiger partial charge in [-0.25, -0.2) is 0 Å². The van der Waals surface area contributed by atoms with Gasteiger partial charge in [0, 0.05) is 44.1 Å². The van der Waals surface area contributed by atoms with Gasteiger partial charge in [0.2, 0.25) is 0 Å². The van der Waals surface area contributed by atoms with Crippen LogP contribution in [-0.4, -0.2) is 40.3 Å². The molecule has 30 heavy (non-hydrogen) atoms. The van der Waals surface area contributed by atoms with Gasteiger partial charge in [0.05, 0.1) is 24.1 Å². The molecule has 0 aliphatic carbocycles. The second-order valence-corrected chi connectivity index (χ2v) is 7.84. The Morgan fingerprint density at radius 2 is 1.87 bits per heavy atom. The predicted molar refractivity (Wildman–Crippen MR) is 114 cm³/mol. The minimum absolute atomic E-state index is 0.0107. The molecule has 6 heteroatoms. The van der Waals surface area contributed by atoms with Crippen molar-refractivity contribution >= 4 is 5.91 Å². The molecule has 2 aliphatic heterocycles. The van der Waals surface area contributed by atoms with Gasteiger partial charge in [0.25, 0.3) is 5.91 Å². The first-order valence-corrected chi connectivity index (χ1v) is 10.4. The van der Waals surface area contributed by atoms with Crippen molar-refractivity contribution in [1.29, 1.82) is 0 Å². The zero-order chi connectivity index (χ0) is 20.7. The lowest BCUT2D eigenvalue weighted by atomic mass is 9.81. The number of piperidine rings is 1. The molecule has 3 heterocycles. The highest BCUT2D eigenvalue weighted by molar-refractivity contribution is 5.97. The van der Waals surface area contributed by atoms with Crippen molar-refractivity contribution < 1.29 is 14.3 Å². The number of rotatable bonds is 3. The van der Waals surface area contributed by atoms with Gasteiger partial charge in [-0.05, 0) is 31.2 Å². The monoisotopic (exact) mass is 403 g/mol. The Balaban J connectivity index is 1.42. The van der Waals surface area contributed by atoms with E-state index >= 15 is 0 Å². The minimum Gasteiger partial charge on any atom is -0.493 e. The second-order valence-electron chi connectivity index (χ2n) is 7.84. The summed E-state index contributed by atoms with van der Waals surface area (Å²) in [5.74, 6) is 1.54. The summed E-state index contributed by atoms with van der Waals surface area (Å²) in [4.78, 5) is 15.1. The molecule has 1 amide bonds. The molecule has 0 radical (unpaired) electrons. The van der Waals surface area contributed by atoms with Crippen LogP contribution in [0.4, 0.5) is 0 Å². The average molecular weight is 403 g/mol. The van der Waals surface area contributed by atoms with Crippen LogP contribution in [0.15, 0.2) is 54.7 Å². The predicted octanol–water partition coefficient (Wildman–Crippen LogP) is 4.01. The van der Waals surface area contributed by atoms with Gasteiger partial charge in [-0.3, -0.25) is 9.48 Å². The first-order valence-electron chi connectivity index (χ1n) is 10.4. The number of amides is 1. The number of fused-ring (bicyclic) bond motifs is 4. The number of ether oxygens (including phenoxy) is 2. The lowest BCUT2D eigenvalue weighted by molar-refractivity contribution is -0.00180. The standard InChI is InChI=1S/C24H25N3O3/c1-3-29-20-10-6-5-9-18(20)23(28)27-14-12-24(13-15-27)19-16-25-26(2)22(19)17-8-4-7-11-21(17)30-24/h4-11,16H,3,12-15H2,1-2H3. The van der Waals surface area contributed by atoms with Gasteiger partial charge in [-0.2, -0.15) is 5.10 Å². The Bertz CT molecular complexity index is 1100. The molecular formula is C24H25N3O3. The maximum absolute atomic E-state index is 13.2. The normalized spacial score (nSPS) is 16.5. The van der Waals surface area contributed by atoms with Crippen LogP contribution in [0.3, 0.4) is 0 Å². The van der Waals surface area contributed by atoms with E-state index < -0.39 is 5.60 Å². The third-order valence-electron chi connectivity index (χ3n) is 6.15. The second kappa shape index (κ2) is 7.20. The third-order valence-corrected chi connectivity index (χ3v) is 6.15. The molecular weight excluding hydrogens is 378 g/mol. The highest BCUT2D eigenvalue weighted by atomic mass is 16.5. The third kappa shape index (κ3) is 2.86. The number of hydrogen-bond acceptors (Lipinski definition) is 4. The number of hydrogen-bond donors (Lipinski definition) is 0. The molecule has 154 valence electrons. The molecule has 1 fully saturated rings. The fourth-order valence-corrected chi connectivity index (χ4v) is 4.64. The summed E-state index contributed by atoms with van der Waals surface area (Å²) in [7, 11) is 1.97. The van der Waals surface area contributed by atoms with Crippen molar-refractivity contribution in [3.63, 3.8) is 0 Å². The Labute approximate surface area is 176 Å². The zero-order valence-corrected chi connectivity index (χ0v) is 17.3. The van der Waals surface area contributed by atoms with Crippen molar-refractivity contribution in [3.8, 4) is 22.8 Å². The number of para-hydroxylation sites is 2. The van der Waals surface area contributed by atoms with Crippen LogP contribution in [0.5, 0.6) is 11.5 Å². The number of aryl methyl sites for hydroxylation is 1. The van der Waals surface area contributed by atoms with Gasteiger partial charge in [-0.1, -0.05) is 24.3 Å².